The van der Waals surface area contributed by atoms with Crippen molar-refractivity contribution in [1.29, 1.82) is 0 Å². The van der Waals surface area contributed by atoms with Gasteiger partial charge in [0.05, 0.1) is 11.8 Å². The minimum Gasteiger partial charge on any atom is -0.489 e. The predicted octanol–water partition coefficient (Wildman–Crippen LogP) is 2.11. The lowest BCUT2D eigenvalue weighted by Gasteiger charge is -2.32. The number of aromatic nitrogens is 1. The van der Waals surface area contributed by atoms with E-state index in [9.17, 15) is 13.2 Å². The van der Waals surface area contributed by atoms with Gasteiger partial charge in [-0.2, -0.15) is 0 Å². The maximum atomic E-state index is 13.0. The van der Waals surface area contributed by atoms with E-state index in [0.29, 0.717) is 30.2 Å². The van der Waals surface area contributed by atoms with Gasteiger partial charge in [0, 0.05) is 19.1 Å². The van der Waals surface area contributed by atoms with E-state index in [2.05, 4.69) is 9.88 Å². The molecule has 29 heavy (non-hydrogen) atoms. The number of likely N-dealkylation sites (tertiary alicyclic amines) is 1. The third-order valence-electron chi connectivity index (χ3n) is 5.91. The molecule has 1 N–H and O–H groups in total. The molecule has 8 nitrogen and oxygen atoms in total. The Morgan fingerprint density at radius 2 is 2.00 bits per heavy atom. The smallest absolute Gasteiger partial charge is 0.276 e. The molecular weight excluding hydrogens is 394 g/mol. The van der Waals surface area contributed by atoms with Crippen LogP contribution in [0.2, 0.25) is 0 Å². The van der Waals surface area contributed by atoms with Crippen LogP contribution in [-0.4, -0.2) is 49.8 Å². The highest BCUT2D eigenvalue weighted by Gasteiger charge is 2.56. The van der Waals surface area contributed by atoms with Crippen LogP contribution in [0.25, 0.3) is 0 Å². The van der Waals surface area contributed by atoms with E-state index in [-0.39, 0.29) is 29.7 Å². The summed E-state index contributed by atoms with van der Waals surface area (Å²) in [5.74, 6) is 1.11. The Labute approximate surface area is 170 Å². The highest BCUT2D eigenvalue weighted by Crippen LogP contribution is 2.54. The molecule has 1 spiro atoms. The molecule has 1 atom stereocenters. The molecule has 0 bridgehead atoms. The Morgan fingerprint density at radius 1 is 1.31 bits per heavy atom. The Bertz CT molecular complexity index is 994. The van der Waals surface area contributed by atoms with Gasteiger partial charge >= 0.3 is 0 Å². The van der Waals surface area contributed by atoms with Crippen LogP contribution in [0.1, 0.15) is 41.1 Å². The molecule has 1 aliphatic heterocycles. The molecule has 2 heterocycles. The van der Waals surface area contributed by atoms with Crippen LogP contribution in [-0.2, 0) is 16.6 Å². The lowest BCUT2D eigenvalue weighted by molar-refractivity contribution is 0.0661. The first-order valence-electron chi connectivity index (χ1n) is 9.67. The molecule has 1 aliphatic carbocycles. The van der Waals surface area contributed by atoms with E-state index in [1.54, 1.807) is 11.8 Å². The van der Waals surface area contributed by atoms with Crippen molar-refractivity contribution in [3.8, 4) is 5.75 Å². The molecule has 1 unspecified atom stereocenters. The first kappa shape index (κ1) is 19.9. The van der Waals surface area contributed by atoms with Crippen molar-refractivity contribution in [2.75, 3.05) is 19.3 Å². The van der Waals surface area contributed by atoms with Gasteiger partial charge in [0.25, 0.3) is 5.91 Å². The summed E-state index contributed by atoms with van der Waals surface area (Å²) in [5.41, 5.74) is 0.928. The Kier molecular flexibility index (Phi) is 5.12. The number of para-hydroxylation sites is 1. The van der Waals surface area contributed by atoms with Crippen molar-refractivity contribution >= 4 is 15.9 Å². The number of hydrogen-bond donors (Lipinski definition) is 1. The second-order valence-corrected chi connectivity index (χ2v) is 9.75. The maximum Gasteiger partial charge on any atom is 0.276 e. The second-order valence-electron chi connectivity index (χ2n) is 7.97. The Hall–Kier alpha value is -2.39. The van der Waals surface area contributed by atoms with Crippen LogP contribution < -0.4 is 9.46 Å². The molecule has 1 amide bonds. The van der Waals surface area contributed by atoms with Crippen LogP contribution in [0.5, 0.6) is 5.75 Å². The zero-order chi connectivity index (χ0) is 20.6. The van der Waals surface area contributed by atoms with Gasteiger partial charge in [-0.25, -0.2) is 13.1 Å². The summed E-state index contributed by atoms with van der Waals surface area (Å²) in [7, 11) is -3.21. The van der Waals surface area contributed by atoms with Crippen LogP contribution in [0, 0.1) is 12.3 Å². The molecule has 1 aromatic carbocycles. The number of benzene rings is 1. The average molecular weight is 420 g/mol. The zero-order valence-electron chi connectivity index (χ0n) is 16.6. The standard InChI is InChI=1S/C20H25N3O5S/c1-14-16(13-27-15-6-4-3-5-7-15)18(21-28-14)19(24)23-10-8-20(9-11-23)12-17(20)22-29(2,25)26/h3-7,17,22H,8-13H2,1-2H3. The van der Waals surface area contributed by atoms with Crippen molar-refractivity contribution < 1.29 is 22.5 Å². The fourth-order valence-electron chi connectivity index (χ4n) is 4.03. The lowest BCUT2D eigenvalue weighted by Crippen LogP contribution is -2.42. The van der Waals surface area contributed by atoms with Gasteiger partial charge in [0.2, 0.25) is 10.0 Å². The third kappa shape index (κ3) is 4.30. The van der Waals surface area contributed by atoms with Gasteiger partial charge in [-0.3, -0.25) is 4.79 Å². The summed E-state index contributed by atoms with van der Waals surface area (Å²) in [5, 5.41) is 3.98. The largest absolute Gasteiger partial charge is 0.489 e. The number of hydrogen-bond acceptors (Lipinski definition) is 6. The normalized spacial score (nSPS) is 20.6. The highest BCUT2D eigenvalue weighted by molar-refractivity contribution is 7.88. The van der Waals surface area contributed by atoms with Crippen LogP contribution in [0.4, 0.5) is 0 Å². The SMILES string of the molecule is Cc1onc(C(=O)N2CCC3(CC2)CC3NS(C)(=O)=O)c1COc1ccccc1. The first-order chi connectivity index (χ1) is 13.8. The third-order valence-corrected chi connectivity index (χ3v) is 6.62. The topological polar surface area (TPSA) is 102 Å². The van der Waals surface area contributed by atoms with E-state index in [1.807, 2.05) is 30.3 Å². The van der Waals surface area contributed by atoms with Crippen molar-refractivity contribution in [1.82, 2.24) is 14.8 Å². The van der Waals surface area contributed by atoms with Gasteiger partial charge in [0.1, 0.15) is 18.1 Å². The van der Waals surface area contributed by atoms with Crippen LogP contribution in [0.15, 0.2) is 34.9 Å². The number of amides is 1. The van der Waals surface area contributed by atoms with E-state index in [1.165, 1.54) is 6.26 Å². The number of rotatable bonds is 6. The van der Waals surface area contributed by atoms with Gasteiger partial charge in [-0.15, -0.1) is 0 Å². The van der Waals surface area contributed by atoms with Crippen molar-refractivity contribution in [3.05, 3.63) is 47.3 Å². The van der Waals surface area contributed by atoms with Crippen LogP contribution in [0.3, 0.4) is 0 Å². The van der Waals surface area contributed by atoms with Gasteiger partial charge < -0.3 is 14.2 Å². The Morgan fingerprint density at radius 3 is 2.66 bits per heavy atom. The number of carbonyl (C=O) groups excluding carboxylic acids is 1. The monoisotopic (exact) mass is 419 g/mol. The molecule has 9 heteroatoms. The fraction of sp³-hybridized carbons (Fsp3) is 0.500. The highest BCUT2D eigenvalue weighted by atomic mass is 32.2. The fourth-order valence-corrected chi connectivity index (χ4v) is 4.88. The maximum absolute atomic E-state index is 13.0. The summed E-state index contributed by atoms with van der Waals surface area (Å²) in [6.07, 6.45) is 3.57. The van der Waals surface area contributed by atoms with Gasteiger partial charge in [-0.05, 0) is 43.7 Å². The van der Waals surface area contributed by atoms with Crippen molar-refractivity contribution in [2.24, 2.45) is 5.41 Å². The van der Waals surface area contributed by atoms with E-state index >= 15 is 0 Å². The molecule has 1 saturated heterocycles. The van der Waals surface area contributed by atoms with Gasteiger partial charge in [0.15, 0.2) is 5.69 Å². The summed E-state index contributed by atoms with van der Waals surface area (Å²) in [6.45, 7) is 3.13. The number of ether oxygens (including phenoxy) is 1. The zero-order valence-corrected chi connectivity index (χ0v) is 17.4. The second kappa shape index (κ2) is 7.46. The molecule has 2 fully saturated rings. The van der Waals surface area contributed by atoms with E-state index in [0.717, 1.165) is 19.3 Å². The average Bonchev–Trinajstić information content (AvgIpc) is 3.17. The summed E-state index contributed by atoms with van der Waals surface area (Å²) in [6, 6.07) is 9.37. The minimum atomic E-state index is -3.21. The lowest BCUT2D eigenvalue weighted by atomic mass is 9.92. The van der Waals surface area contributed by atoms with Crippen LogP contribution >= 0.6 is 0 Å². The summed E-state index contributed by atoms with van der Waals surface area (Å²) < 4.78 is 36.7. The molecule has 1 aromatic heterocycles. The number of aryl methyl sites for hydroxylation is 1. The molecule has 2 aromatic rings. The first-order valence-corrected chi connectivity index (χ1v) is 11.6. The number of sulfonamides is 1. The number of piperidine rings is 1. The summed E-state index contributed by atoms with van der Waals surface area (Å²) >= 11 is 0. The van der Waals surface area contributed by atoms with Gasteiger partial charge in [-0.1, -0.05) is 23.4 Å². The minimum absolute atomic E-state index is 0.0149. The number of nitrogens with zero attached hydrogens (tertiary/aromatic N) is 2. The van der Waals surface area contributed by atoms with Crippen molar-refractivity contribution in [2.45, 2.75) is 38.8 Å². The van der Waals surface area contributed by atoms with E-state index < -0.39 is 10.0 Å². The summed E-state index contributed by atoms with van der Waals surface area (Å²) in [4.78, 5) is 14.8. The van der Waals surface area contributed by atoms with Crippen molar-refractivity contribution in [3.63, 3.8) is 0 Å². The molecule has 2 aliphatic rings. The number of carbonyl (C=O) groups is 1. The molecule has 0 radical (unpaired) electrons. The molecule has 156 valence electrons. The molecule has 1 saturated carbocycles. The van der Waals surface area contributed by atoms with E-state index in [4.69, 9.17) is 9.26 Å². The Balaban J connectivity index is 1.39. The quantitative estimate of drug-likeness (QED) is 0.769. The number of nitrogens with one attached hydrogen (secondary N) is 1. The molecular formula is C20H25N3O5S. The molecule has 4 rings (SSSR count). The predicted molar refractivity (Wildman–Crippen MR) is 106 cm³/mol.